The second-order valence-corrected chi connectivity index (χ2v) is 5.89. The maximum atomic E-state index is 12.1. The highest BCUT2D eigenvalue weighted by Crippen LogP contribution is 2.15. The summed E-state index contributed by atoms with van der Waals surface area (Å²) in [4.78, 5) is 23.8. The maximum Gasteiger partial charge on any atom is 0.328 e. The summed E-state index contributed by atoms with van der Waals surface area (Å²) in [5.74, 6) is 0.193. The number of nitrogens with two attached hydrogens (primary N) is 1. The molecule has 5 heteroatoms. The summed E-state index contributed by atoms with van der Waals surface area (Å²) in [6.07, 6.45) is 2.07. The van der Waals surface area contributed by atoms with E-state index in [0.29, 0.717) is 18.9 Å². The van der Waals surface area contributed by atoms with Gasteiger partial charge in [0, 0.05) is 6.42 Å². The van der Waals surface area contributed by atoms with Gasteiger partial charge in [-0.3, -0.25) is 4.79 Å². The lowest BCUT2D eigenvalue weighted by atomic mass is 9.93. The van der Waals surface area contributed by atoms with E-state index in [1.807, 2.05) is 13.8 Å². The van der Waals surface area contributed by atoms with Gasteiger partial charge in [-0.2, -0.15) is 0 Å². The molecule has 0 aliphatic heterocycles. The molecule has 0 aromatic carbocycles. The first kappa shape index (κ1) is 18.9. The molecular weight excluding hydrogens is 256 g/mol. The van der Waals surface area contributed by atoms with Crippen LogP contribution in [0.2, 0.25) is 0 Å². The molecule has 0 aromatic rings. The molecule has 5 nitrogen and oxygen atoms in total. The molecule has 0 radical (unpaired) electrons. The van der Waals surface area contributed by atoms with Gasteiger partial charge < -0.3 is 15.8 Å². The van der Waals surface area contributed by atoms with Crippen LogP contribution in [0, 0.1) is 17.8 Å². The van der Waals surface area contributed by atoms with Gasteiger partial charge in [0.15, 0.2) is 0 Å². The fraction of sp³-hybridized carbons (Fsp3) is 0.867. The molecule has 0 spiro atoms. The third-order valence-electron chi connectivity index (χ3n) is 3.60. The van der Waals surface area contributed by atoms with Gasteiger partial charge in [-0.15, -0.1) is 0 Å². The van der Waals surface area contributed by atoms with E-state index in [9.17, 15) is 9.59 Å². The number of esters is 1. The first-order chi connectivity index (χ1) is 9.35. The van der Waals surface area contributed by atoms with Crippen LogP contribution in [0.25, 0.3) is 0 Å². The highest BCUT2D eigenvalue weighted by atomic mass is 16.5. The van der Waals surface area contributed by atoms with Gasteiger partial charge in [0.25, 0.3) is 0 Å². The lowest BCUT2D eigenvalue weighted by Gasteiger charge is -2.23. The highest BCUT2D eigenvalue weighted by Gasteiger charge is 2.27. The van der Waals surface area contributed by atoms with Crippen molar-refractivity contribution >= 4 is 11.9 Å². The van der Waals surface area contributed by atoms with Crippen molar-refractivity contribution in [1.29, 1.82) is 0 Å². The lowest BCUT2D eigenvalue weighted by Crippen LogP contribution is -2.46. The molecular formula is C15H30N2O3. The lowest BCUT2D eigenvalue weighted by molar-refractivity contribution is -0.146. The van der Waals surface area contributed by atoms with Gasteiger partial charge in [-0.05, 0) is 30.7 Å². The van der Waals surface area contributed by atoms with Crippen LogP contribution < -0.4 is 11.1 Å². The molecule has 0 bridgehead atoms. The molecule has 0 aromatic heterocycles. The molecule has 0 aliphatic rings. The molecule has 0 heterocycles. The predicted octanol–water partition coefficient (Wildman–Crippen LogP) is 1.70. The average Bonchev–Trinajstić information content (AvgIpc) is 2.41. The normalized spacial score (nSPS) is 15.6. The Labute approximate surface area is 122 Å². The zero-order valence-electron chi connectivity index (χ0n) is 13.4. The Morgan fingerprint density at radius 3 is 2.25 bits per heavy atom. The molecule has 20 heavy (non-hydrogen) atoms. The summed E-state index contributed by atoms with van der Waals surface area (Å²) < 4.78 is 4.75. The summed E-state index contributed by atoms with van der Waals surface area (Å²) in [6, 6.07) is -0.574. The average molecular weight is 286 g/mol. The number of hydrogen-bond acceptors (Lipinski definition) is 4. The van der Waals surface area contributed by atoms with Gasteiger partial charge in [0.05, 0.1) is 7.11 Å². The molecule has 3 unspecified atom stereocenters. The fourth-order valence-corrected chi connectivity index (χ4v) is 2.22. The van der Waals surface area contributed by atoms with E-state index < -0.39 is 6.04 Å². The summed E-state index contributed by atoms with van der Waals surface area (Å²) in [5.41, 5.74) is 5.70. The Balaban J connectivity index is 4.55. The van der Waals surface area contributed by atoms with Gasteiger partial charge in [-0.1, -0.05) is 34.1 Å². The van der Waals surface area contributed by atoms with Crippen molar-refractivity contribution in [2.45, 2.75) is 53.0 Å². The first-order valence-corrected chi connectivity index (χ1v) is 7.42. The van der Waals surface area contributed by atoms with Crippen molar-refractivity contribution < 1.29 is 14.3 Å². The highest BCUT2D eigenvalue weighted by molar-refractivity contribution is 5.84. The van der Waals surface area contributed by atoms with Gasteiger partial charge in [-0.25, -0.2) is 4.79 Å². The van der Waals surface area contributed by atoms with Gasteiger partial charge in [0.2, 0.25) is 5.91 Å². The topological polar surface area (TPSA) is 81.4 Å². The second kappa shape index (κ2) is 9.75. The van der Waals surface area contributed by atoms with E-state index >= 15 is 0 Å². The van der Waals surface area contributed by atoms with Crippen molar-refractivity contribution in [2.24, 2.45) is 23.5 Å². The summed E-state index contributed by atoms with van der Waals surface area (Å²) in [6.45, 7) is 8.61. The van der Waals surface area contributed by atoms with Crippen molar-refractivity contribution in [2.75, 3.05) is 13.7 Å². The smallest absolute Gasteiger partial charge is 0.328 e. The van der Waals surface area contributed by atoms with Gasteiger partial charge in [0.1, 0.15) is 6.04 Å². The zero-order valence-corrected chi connectivity index (χ0v) is 13.4. The van der Waals surface area contributed by atoms with Crippen molar-refractivity contribution in [3.8, 4) is 0 Å². The quantitative estimate of drug-likeness (QED) is 0.632. The zero-order chi connectivity index (χ0) is 15.7. The SMILES string of the molecule is CCC(C)C(NC(=O)CC(CN)CC(C)C)C(=O)OC. The van der Waals surface area contributed by atoms with Crippen LogP contribution in [-0.4, -0.2) is 31.6 Å². The van der Waals surface area contributed by atoms with Crippen molar-refractivity contribution in [3.63, 3.8) is 0 Å². The monoisotopic (exact) mass is 286 g/mol. The van der Waals surface area contributed by atoms with E-state index in [4.69, 9.17) is 10.5 Å². The van der Waals surface area contributed by atoms with E-state index in [2.05, 4.69) is 19.2 Å². The summed E-state index contributed by atoms with van der Waals surface area (Å²) >= 11 is 0. The van der Waals surface area contributed by atoms with Crippen LogP contribution in [0.15, 0.2) is 0 Å². The third-order valence-corrected chi connectivity index (χ3v) is 3.60. The number of methoxy groups -OCH3 is 1. The van der Waals surface area contributed by atoms with E-state index in [-0.39, 0.29) is 23.7 Å². The molecule has 0 fully saturated rings. The molecule has 0 saturated carbocycles. The number of rotatable bonds is 9. The molecule has 0 aliphatic carbocycles. The molecule has 3 atom stereocenters. The molecule has 118 valence electrons. The molecule has 0 saturated heterocycles. The van der Waals surface area contributed by atoms with Crippen molar-refractivity contribution in [1.82, 2.24) is 5.32 Å². The number of carbonyl (C=O) groups excluding carboxylic acids is 2. The molecule has 3 N–H and O–H groups in total. The third kappa shape index (κ3) is 6.89. The Bertz CT molecular complexity index is 305. The second-order valence-electron chi connectivity index (χ2n) is 5.89. The van der Waals surface area contributed by atoms with Crippen LogP contribution in [0.3, 0.4) is 0 Å². The van der Waals surface area contributed by atoms with Crippen LogP contribution in [-0.2, 0) is 14.3 Å². The Morgan fingerprint density at radius 1 is 1.25 bits per heavy atom. The van der Waals surface area contributed by atoms with E-state index in [0.717, 1.165) is 12.8 Å². The first-order valence-electron chi connectivity index (χ1n) is 7.42. The number of hydrogen-bond donors (Lipinski definition) is 2. The van der Waals surface area contributed by atoms with Crippen LogP contribution >= 0.6 is 0 Å². The maximum absolute atomic E-state index is 12.1. The number of nitrogens with one attached hydrogen (secondary N) is 1. The van der Waals surface area contributed by atoms with E-state index in [1.54, 1.807) is 0 Å². The van der Waals surface area contributed by atoms with Crippen LogP contribution in [0.4, 0.5) is 0 Å². The number of ether oxygens (including phenoxy) is 1. The van der Waals surface area contributed by atoms with Crippen LogP contribution in [0.5, 0.6) is 0 Å². The summed E-state index contributed by atoms with van der Waals surface area (Å²) in [7, 11) is 1.34. The Hall–Kier alpha value is -1.10. The molecule has 1 amide bonds. The standard InChI is InChI=1S/C15H30N2O3/c1-6-11(4)14(15(19)20-5)17-13(18)8-12(9-16)7-10(2)3/h10-12,14H,6-9,16H2,1-5H3,(H,17,18). The van der Waals surface area contributed by atoms with Crippen molar-refractivity contribution in [3.05, 3.63) is 0 Å². The minimum atomic E-state index is -0.574. The van der Waals surface area contributed by atoms with Crippen LogP contribution in [0.1, 0.15) is 47.0 Å². The number of carbonyl (C=O) groups is 2. The van der Waals surface area contributed by atoms with Gasteiger partial charge >= 0.3 is 5.97 Å². The summed E-state index contributed by atoms with van der Waals surface area (Å²) in [5, 5.41) is 2.79. The van der Waals surface area contributed by atoms with E-state index in [1.165, 1.54) is 7.11 Å². The Morgan fingerprint density at radius 2 is 1.85 bits per heavy atom. The predicted molar refractivity (Wildman–Crippen MR) is 80.0 cm³/mol. The minimum Gasteiger partial charge on any atom is -0.467 e. The Kier molecular flexibility index (Phi) is 9.21. The molecule has 0 rings (SSSR count). The number of amides is 1. The largest absolute Gasteiger partial charge is 0.467 e. The fourth-order valence-electron chi connectivity index (χ4n) is 2.22. The minimum absolute atomic E-state index is 0.0489.